The molecule has 114 valence electrons. The average Bonchev–Trinajstić information content (AvgIpc) is 2.85. The zero-order valence-electron chi connectivity index (χ0n) is 12.8. The molecule has 1 aliphatic carbocycles. The lowest BCUT2D eigenvalue weighted by molar-refractivity contribution is 0.319. The third-order valence-electron chi connectivity index (χ3n) is 4.81. The van der Waals surface area contributed by atoms with Crippen molar-refractivity contribution in [1.82, 2.24) is 4.57 Å². The average molecular weight is 329 g/mol. The molecule has 1 aliphatic rings. The Kier molecular flexibility index (Phi) is 3.17. The van der Waals surface area contributed by atoms with E-state index in [0.717, 1.165) is 23.7 Å². The van der Waals surface area contributed by atoms with E-state index in [1.54, 1.807) is 4.57 Å². The lowest BCUT2D eigenvalue weighted by Gasteiger charge is -2.29. The van der Waals surface area contributed by atoms with E-state index in [-0.39, 0.29) is 11.0 Å². The highest BCUT2D eigenvalue weighted by Crippen LogP contribution is 2.43. The molecule has 4 rings (SSSR count). The van der Waals surface area contributed by atoms with Crippen LogP contribution in [-0.2, 0) is 18.7 Å². The van der Waals surface area contributed by atoms with Gasteiger partial charge in [-0.05, 0) is 36.3 Å². The number of aromatic nitrogens is 1. The third kappa shape index (κ3) is 1.97. The van der Waals surface area contributed by atoms with Gasteiger partial charge >= 0.3 is 0 Å². The van der Waals surface area contributed by atoms with E-state index < -0.39 is 0 Å². The fourth-order valence-electron chi connectivity index (χ4n) is 3.62. The summed E-state index contributed by atoms with van der Waals surface area (Å²) in [6.45, 7) is 4.61. The first kappa shape index (κ1) is 14.3. The van der Waals surface area contributed by atoms with Crippen molar-refractivity contribution in [3.8, 4) is 0 Å². The lowest BCUT2D eigenvalue weighted by Crippen LogP contribution is -2.24. The summed E-state index contributed by atoms with van der Waals surface area (Å²) in [5, 5.41) is 2.13. The number of benzene rings is 1. The number of hydrogen-bond donors (Lipinski definition) is 1. The van der Waals surface area contributed by atoms with Crippen molar-refractivity contribution in [1.29, 1.82) is 0 Å². The molecule has 2 heterocycles. The summed E-state index contributed by atoms with van der Waals surface area (Å²) in [6.07, 6.45) is 3.30. The van der Waals surface area contributed by atoms with Crippen molar-refractivity contribution >= 4 is 45.0 Å². The fraction of sp³-hybridized carbons (Fsp3) is 0.389. The van der Waals surface area contributed by atoms with Crippen LogP contribution < -0.4 is 5.56 Å². The van der Waals surface area contributed by atoms with Crippen LogP contribution in [0.15, 0.2) is 29.1 Å². The molecule has 22 heavy (non-hydrogen) atoms. The first-order valence-electron chi connectivity index (χ1n) is 7.68. The zero-order chi connectivity index (χ0) is 15.5. The molecule has 0 saturated carbocycles. The van der Waals surface area contributed by atoms with Crippen LogP contribution >= 0.6 is 24.0 Å². The smallest absolute Gasteiger partial charge is 0.260 e. The van der Waals surface area contributed by atoms with E-state index in [4.69, 9.17) is 0 Å². The topological polar surface area (TPSA) is 22.0 Å². The number of nitrogens with zero attached hydrogens (tertiary/aromatic N) is 1. The Labute approximate surface area is 139 Å². The van der Waals surface area contributed by atoms with Gasteiger partial charge in [0, 0.05) is 15.0 Å². The molecular weight excluding hydrogens is 310 g/mol. The summed E-state index contributed by atoms with van der Waals surface area (Å²) in [6, 6.07) is 8.20. The Bertz CT molecular complexity index is 949. The van der Waals surface area contributed by atoms with E-state index in [1.165, 1.54) is 26.9 Å². The van der Waals surface area contributed by atoms with Crippen LogP contribution in [0.4, 0.5) is 0 Å². The zero-order valence-corrected chi connectivity index (χ0v) is 14.6. The van der Waals surface area contributed by atoms with E-state index in [1.807, 2.05) is 23.5 Å². The van der Waals surface area contributed by atoms with Crippen molar-refractivity contribution in [2.45, 2.75) is 39.0 Å². The Morgan fingerprint density at radius 2 is 2.09 bits per heavy atom. The lowest BCUT2D eigenvalue weighted by atomic mass is 9.76. The molecule has 1 aromatic carbocycles. The number of fused-ring (bicyclic) bond motifs is 5. The molecule has 3 aromatic rings. The van der Waals surface area contributed by atoms with Gasteiger partial charge in [0.1, 0.15) is 0 Å². The second-order valence-electron chi connectivity index (χ2n) is 6.94. The van der Waals surface area contributed by atoms with Crippen LogP contribution in [0.3, 0.4) is 0 Å². The molecule has 0 saturated heterocycles. The highest BCUT2D eigenvalue weighted by molar-refractivity contribution is 7.79. The molecule has 0 radical (unpaired) electrons. The maximum absolute atomic E-state index is 13.0. The number of para-hydroxylation sites is 1. The van der Waals surface area contributed by atoms with Gasteiger partial charge in [0.05, 0.1) is 16.8 Å². The standard InChI is InChI=1S/C18H19NOS2/c1-18(2)8-7-14-12(9-18)15-16(22-14)11-5-3-4-6-13(11)19(10-21)17(15)20/h3-6,21H,7-10H2,1-2H3. The molecule has 2 nitrogen and oxygen atoms in total. The Morgan fingerprint density at radius 3 is 2.86 bits per heavy atom. The minimum absolute atomic E-state index is 0.124. The summed E-state index contributed by atoms with van der Waals surface area (Å²) in [5.41, 5.74) is 2.69. The van der Waals surface area contributed by atoms with Crippen LogP contribution in [0.5, 0.6) is 0 Å². The summed E-state index contributed by atoms with van der Waals surface area (Å²) < 4.78 is 2.97. The normalized spacial score (nSPS) is 17.0. The summed E-state index contributed by atoms with van der Waals surface area (Å²) >= 11 is 6.21. The SMILES string of the molecule is CC1(C)CCc2sc3c(c2C1)c(=O)n(CS)c1ccccc31. The van der Waals surface area contributed by atoms with Crippen LogP contribution in [0, 0.1) is 5.41 Å². The van der Waals surface area contributed by atoms with Gasteiger partial charge in [-0.3, -0.25) is 9.36 Å². The van der Waals surface area contributed by atoms with Gasteiger partial charge in [-0.1, -0.05) is 32.0 Å². The predicted molar refractivity (Wildman–Crippen MR) is 98.4 cm³/mol. The second-order valence-corrected chi connectivity index (χ2v) is 8.33. The van der Waals surface area contributed by atoms with Gasteiger partial charge in [-0.15, -0.1) is 11.3 Å². The summed E-state index contributed by atoms with van der Waals surface area (Å²) in [7, 11) is 0. The minimum atomic E-state index is 0.124. The first-order chi connectivity index (χ1) is 10.5. The van der Waals surface area contributed by atoms with Crippen LogP contribution in [0.1, 0.15) is 30.7 Å². The quantitative estimate of drug-likeness (QED) is 0.647. The van der Waals surface area contributed by atoms with E-state index in [9.17, 15) is 4.79 Å². The van der Waals surface area contributed by atoms with Gasteiger partial charge < -0.3 is 0 Å². The molecule has 2 aromatic heterocycles. The number of hydrogen-bond acceptors (Lipinski definition) is 3. The Balaban J connectivity index is 2.18. The maximum Gasteiger partial charge on any atom is 0.260 e. The molecule has 0 fully saturated rings. The van der Waals surface area contributed by atoms with Crippen molar-refractivity contribution in [3.05, 3.63) is 45.1 Å². The van der Waals surface area contributed by atoms with Crippen LogP contribution in [0.25, 0.3) is 21.0 Å². The van der Waals surface area contributed by atoms with E-state index >= 15 is 0 Å². The Hall–Kier alpha value is -1.26. The van der Waals surface area contributed by atoms with Crippen molar-refractivity contribution < 1.29 is 0 Å². The molecule has 0 bridgehead atoms. The molecule has 0 unspecified atom stereocenters. The highest BCUT2D eigenvalue weighted by atomic mass is 32.1. The maximum atomic E-state index is 13.0. The second kappa shape index (κ2) is 4.87. The molecule has 4 heteroatoms. The molecule has 0 N–H and O–H groups in total. The monoisotopic (exact) mass is 329 g/mol. The van der Waals surface area contributed by atoms with Gasteiger partial charge in [0.25, 0.3) is 5.56 Å². The molecule has 0 atom stereocenters. The number of thiol groups is 1. The van der Waals surface area contributed by atoms with E-state index in [2.05, 4.69) is 38.6 Å². The van der Waals surface area contributed by atoms with Crippen molar-refractivity contribution in [2.75, 3.05) is 0 Å². The van der Waals surface area contributed by atoms with Crippen molar-refractivity contribution in [3.63, 3.8) is 0 Å². The number of pyridine rings is 1. The van der Waals surface area contributed by atoms with Crippen LogP contribution in [0.2, 0.25) is 0 Å². The molecule has 0 amide bonds. The number of aryl methyl sites for hydroxylation is 1. The van der Waals surface area contributed by atoms with E-state index in [0.29, 0.717) is 5.88 Å². The Morgan fingerprint density at radius 1 is 1.32 bits per heavy atom. The number of thiophene rings is 1. The summed E-state index contributed by atoms with van der Waals surface area (Å²) in [5.74, 6) is 0.420. The highest BCUT2D eigenvalue weighted by Gasteiger charge is 2.30. The first-order valence-corrected chi connectivity index (χ1v) is 9.13. The summed E-state index contributed by atoms with van der Waals surface area (Å²) in [4.78, 5) is 14.4. The fourth-order valence-corrected chi connectivity index (χ4v) is 5.25. The predicted octanol–water partition coefficient (Wildman–Crippen LogP) is 4.62. The van der Waals surface area contributed by atoms with Gasteiger partial charge in [0.15, 0.2) is 0 Å². The van der Waals surface area contributed by atoms with Gasteiger partial charge in [-0.25, -0.2) is 0 Å². The van der Waals surface area contributed by atoms with Gasteiger partial charge in [-0.2, -0.15) is 12.6 Å². The minimum Gasteiger partial charge on any atom is -0.298 e. The molecular formula is C18H19NOS2. The van der Waals surface area contributed by atoms with Crippen LogP contribution in [-0.4, -0.2) is 4.57 Å². The molecule has 0 aliphatic heterocycles. The van der Waals surface area contributed by atoms with Gasteiger partial charge in [0.2, 0.25) is 0 Å². The largest absolute Gasteiger partial charge is 0.298 e. The third-order valence-corrected chi connectivity index (χ3v) is 6.42. The molecule has 0 spiro atoms. The van der Waals surface area contributed by atoms with Crippen molar-refractivity contribution in [2.24, 2.45) is 5.41 Å². The number of rotatable bonds is 1.